The molecule has 0 saturated carbocycles. The lowest BCUT2D eigenvalue weighted by Gasteiger charge is -2.16. The smallest absolute Gasteiger partial charge is 0.349 e. The van der Waals surface area contributed by atoms with Crippen molar-refractivity contribution < 1.29 is 13.9 Å². The maximum Gasteiger partial charge on any atom is 0.349 e. The van der Waals surface area contributed by atoms with Gasteiger partial charge in [-0.3, -0.25) is 4.57 Å². The van der Waals surface area contributed by atoms with Crippen LogP contribution in [0.25, 0.3) is 0 Å². The predicted octanol–water partition coefficient (Wildman–Crippen LogP) is 2.95. The number of hydrogen-bond acceptors (Lipinski definition) is 7. The van der Waals surface area contributed by atoms with Crippen molar-refractivity contribution in [2.45, 2.75) is 13.2 Å². The van der Waals surface area contributed by atoms with E-state index in [1.165, 1.54) is 18.3 Å². The van der Waals surface area contributed by atoms with Crippen molar-refractivity contribution in [2.24, 2.45) is 0 Å². The highest BCUT2D eigenvalue weighted by Gasteiger charge is 2.22. The summed E-state index contributed by atoms with van der Waals surface area (Å²) in [4.78, 5) is 17.7. The number of rotatable bonds is 5. The number of hydrogen-bond donors (Lipinski definition) is 0. The Morgan fingerprint density at radius 2 is 1.90 bits per heavy atom. The molecule has 0 radical (unpaired) electrons. The lowest BCUT2D eigenvalue weighted by molar-refractivity contribution is 0.303. The van der Waals surface area contributed by atoms with Gasteiger partial charge in [-0.15, -0.1) is 0 Å². The van der Waals surface area contributed by atoms with E-state index >= 15 is 0 Å². The van der Waals surface area contributed by atoms with E-state index < -0.39 is 5.82 Å². The van der Waals surface area contributed by atoms with Crippen LogP contribution in [0, 0.1) is 28.5 Å². The topological polar surface area (TPSA) is 104 Å². The number of aromatic nitrogens is 2. The fraction of sp³-hybridized carbons (Fsp3) is 0.182. The molecule has 4 rings (SSSR count). The van der Waals surface area contributed by atoms with Crippen molar-refractivity contribution in [3.8, 4) is 29.4 Å². The SMILES string of the molecule is CN1CCn2c1c(OCc1ccc(Oc3ccc(C#N)c(F)c3)c(C#N)c1)cnc2=O. The Labute approximate surface area is 176 Å². The van der Waals surface area contributed by atoms with E-state index in [9.17, 15) is 14.4 Å². The first kappa shape index (κ1) is 19.9. The van der Waals surface area contributed by atoms with Crippen molar-refractivity contribution in [3.63, 3.8) is 0 Å². The van der Waals surface area contributed by atoms with Gasteiger partial charge in [0.1, 0.15) is 36.1 Å². The molecule has 2 aromatic carbocycles. The highest BCUT2D eigenvalue weighted by atomic mass is 19.1. The van der Waals surface area contributed by atoms with Crippen molar-refractivity contribution in [1.82, 2.24) is 9.55 Å². The van der Waals surface area contributed by atoms with E-state index in [4.69, 9.17) is 14.7 Å². The molecule has 0 N–H and O–H groups in total. The van der Waals surface area contributed by atoms with Crippen LogP contribution in [0.4, 0.5) is 10.2 Å². The quantitative estimate of drug-likeness (QED) is 0.629. The Balaban J connectivity index is 1.53. The first-order chi connectivity index (χ1) is 15.0. The van der Waals surface area contributed by atoms with Gasteiger partial charge in [-0.1, -0.05) is 6.07 Å². The van der Waals surface area contributed by atoms with Gasteiger partial charge in [0.15, 0.2) is 11.6 Å². The first-order valence-electron chi connectivity index (χ1n) is 9.34. The van der Waals surface area contributed by atoms with Crippen LogP contribution in [0.1, 0.15) is 16.7 Å². The van der Waals surface area contributed by atoms with Crippen LogP contribution in [0.2, 0.25) is 0 Å². The zero-order chi connectivity index (χ0) is 22.0. The standard InChI is InChI=1S/C22H16FN5O3/c1-27-6-7-28-21(27)20(12-26-22(28)29)30-13-14-2-5-19(16(8-14)11-25)31-17-4-3-15(10-24)18(23)9-17/h2-5,8-9,12H,6-7,13H2,1H3. The molecule has 0 bridgehead atoms. The Bertz CT molecular complexity index is 1310. The summed E-state index contributed by atoms with van der Waals surface area (Å²) in [6, 6.07) is 12.6. The van der Waals surface area contributed by atoms with Gasteiger partial charge in [-0.2, -0.15) is 15.5 Å². The lowest BCUT2D eigenvalue weighted by atomic mass is 10.1. The molecule has 2 heterocycles. The largest absolute Gasteiger partial charge is 0.483 e. The molecule has 0 atom stereocenters. The third-order valence-corrected chi connectivity index (χ3v) is 4.87. The van der Waals surface area contributed by atoms with Crippen molar-refractivity contribution in [2.75, 3.05) is 18.5 Å². The normalized spacial score (nSPS) is 12.1. The van der Waals surface area contributed by atoms with E-state index in [1.54, 1.807) is 28.8 Å². The van der Waals surface area contributed by atoms with Gasteiger partial charge in [0.25, 0.3) is 0 Å². The maximum atomic E-state index is 13.8. The summed E-state index contributed by atoms with van der Waals surface area (Å²) in [6.07, 6.45) is 1.40. The molecular weight excluding hydrogens is 401 g/mol. The molecule has 154 valence electrons. The maximum absolute atomic E-state index is 13.8. The number of fused-ring (bicyclic) bond motifs is 1. The highest BCUT2D eigenvalue weighted by molar-refractivity contribution is 5.54. The second kappa shape index (κ2) is 8.17. The van der Waals surface area contributed by atoms with E-state index in [-0.39, 0.29) is 34.9 Å². The molecule has 3 aromatic rings. The number of halogens is 1. The van der Waals surface area contributed by atoms with E-state index in [0.717, 1.165) is 6.07 Å². The van der Waals surface area contributed by atoms with Gasteiger partial charge in [-0.25, -0.2) is 9.18 Å². The third kappa shape index (κ3) is 3.89. The second-order valence-corrected chi connectivity index (χ2v) is 6.89. The van der Waals surface area contributed by atoms with Crippen molar-refractivity contribution >= 4 is 5.82 Å². The van der Waals surface area contributed by atoms with Gasteiger partial charge in [0, 0.05) is 26.2 Å². The minimum atomic E-state index is -0.698. The number of likely N-dealkylation sites (N-methyl/N-ethyl adjacent to an activating group) is 1. The minimum absolute atomic E-state index is 0.0878. The van der Waals surface area contributed by atoms with E-state index in [2.05, 4.69) is 11.1 Å². The lowest BCUT2D eigenvalue weighted by Crippen LogP contribution is -2.21. The van der Waals surface area contributed by atoms with Crippen LogP contribution >= 0.6 is 0 Å². The average Bonchev–Trinajstić information content (AvgIpc) is 3.17. The molecular formula is C22H16FN5O3. The molecule has 9 heteroatoms. The summed E-state index contributed by atoms with van der Waals surface area (Å²) in [5.41, 5.74) is 0.547. The fourth-order valence-electron chi connectivity index (χ4n) is 3.30. The number of nitrogens with zero attached hydrogens (tertiary/aromatic N) is 5. The van der Waals surface area contributed by atoms with Crippen LogP contribution in [0.15, 0.2) is 47.4 Å². The van der Waals surface area contributed by atoms with E-state index in [0.29, 0.717) is 30.2 Å². The number of benzene rings is 2. The monoisotopic (exact) mass is 417 g/mol. The van der Waals surface area contributed by atoms with Crippen LogP contribution in [-0.2, 0) is 13.2 Å². The molecule has 1 aliphatic rings. The summed E-state index contributed by atoms with van der Waals surface area (Å²) >= 11 is 0. The Morgan fingerprint density at radius 1 is 1.10 bits per heavy atom. The molecule has 0 fully saturated rings. The predicted molar refractivity (Wildman–Crippen MR) is 108 cm³/mol. The summed E-state index contributed by atoms with van der Waals surface area (Å²) in [7, 11) is 1.87. The molecule has 31 heavy (non-hydrogen) atoms. The van der Waals surface area contributed by atoms with Crippen molar-refractivity contribution in [3.05, 3.63) is 75.6 Å². The summed E-state index contributed by atoms with van der Waals surface area (Å²) in [5, 5.41) is 18.3. The molecule has 0 unspecified atom stereocenters. The molecule has 0 spiro atoms. The van der Waals surface area contributed by atoms with Gasteiger partial charge in [-0.05, 0) is 29.8 Å². The number of ether oxygens (including phenoxy) is 2. The molecule has 8 nitrogen and oxygen atoms in total. The minimum Gasteiger partial charge on any atom is -0.483 e. The fourth-order valence-corrected chi connectivity index (χ4v) is 3.30. The summed E-state index contributed by atoms with van der Waals surface area (Å²) in [5.74, 6) is 0.881. The second-order valence-electron chi connectivity index (χ2n) is 6.89. The van der Waals surface area contributed by atoms with Crippen LogP contribution < -0.4 is 20.1 Å². The molecule has 0 aliphatic carbocycles. The Kier molecular flexibility index (Phi) is 5.25. The van der Waals surface area contributed by atoms with Gasteiger partial charge < -0.3 is 14.4 Å². The summed E-state index contributed by atoms with van der Waals surface area (Å²) in [6.45, 7) is 1.40. The Hall–Kier alpha value is -4.37. The van der Waals surface area contributed by atoms with Gasteiger partial charge in [0.05, 0.1) is 17.3 Å². The zero-order valence-electron chi connectivity index (χ0n) is 16.5. The molecule has 1 aliphatic heterocycles. The number of anilines is 1. The third-order valence-electron chi connectivity index (χ3n) is 4.87. The van der Waals surface area contributed by atoms with E-state index in [1.807, 2.05) is 11.9 Å². The van der Waals surface area contributed by atoms with Crippen LogP contribution in [0.5, 0.6) is 17.2 Å². The van der Waals surface area contributed by atoms with Crippen LogP contribution in [-0.4, -0.2) is 23.1 Å². The van der Waals surface area contributed by atoms with Gasteiger partial charge >= 0.3 is 5.69 Å². The highest BCUT2D eigenvalue weighted by Crippen LogP contribution is 2.30. The number of nitriles is 2. The Morgan fingerprint density at radius 3 is 2.65 bits per heavy atom. The summed E-state index contributed by atoms with van der Waals surface area (Å²) < 4.78 is 26.8. The molecule has 0 saturated heterocycles. The van der Waals surface area contributed by atoms with Gasteiger partial charge in [0.2, 0.25) is 0 Å². The zero-order valence-corrected chi connectivity index (χ0v) is 16.5. The van der Waals surface area contributed by atoms with Crippen molar-refractivity contribution in [1.29, 1.82) is 10.5 Å². The average molecular weight is 417 g/mol. The first-order valence-corrected chi connectivity index (χ1v) is 9.34. The molecule has 1 aromatic heterocycles. The van der Waals surface area contributed by atoms with Crippen LogP contribution in [0.3, 0.4) is 0 Å². The molecule has 0 amide bonds.